The van der Waals surface area contributed by atoms with Gasteiger partial charge in [0.15, 0.2) is 0 Å². The Kier molecular flexibility index (Phi) is 3.70. The summed E-state index contributed by atoms with van der Waals surface area (Å²) in [6.07, 6.45) is 1.05. The van der Waals surface area contributed by atoms with Crippen LogP contribution in [-0.4, -0.2) is 30.5 Å². The van der Waals surface area contributed by atoms with E-state index in [2.05, 4.69) is 52.3 Å². The number of nitrogens with zero attached hydrogens (tertiary/aromatic N) is 3. The Hall–Kier alpha value is -1.87. The molecular weight excluding hydrogens is 246 g/mol. The molecule has 0 radical (unpaired) electrons. The highest BCUT2D eigenvalue weighted by Gasteiger charge is 2.18. The first-order valence-electron chi connectivity index (χ1n) is 7.15. The number of hydrogen-bond acceptors (Lipinski definition) is 3. The van der Waals surface area contributed by atoms with Crippen molar-refractivity contribution in [3.05, 3.63) is 59.3 Å². The zero-order valence-electron chi connectivity index (χ0n) is 12.2. The molecule has 0 aliphatic carbocycles. The molecule has 3 nitrogen and oxygen atoms in total. The lowest BCUT2D eigenvalue weighted by atomic mass is 10.0. The number of pyridine rings is 1. The van der Waals surface area contributed by atoms with Gasteiger partial charge in [-0.3, -0.25) is 4.90 Å². The Morgan fingerprint density at radius 1 is 1.10 bits per heavy atom. The summed E-state index contributed by atoms with van der Waals surface area (Å²) in [5.74, 6) is 1.06. The largest absolute Gasteiger partial charge is 0.363 e. The number of anilines is 1. The van der Waals surface area contributed by atoms with Crippen molar-refractivity contribution in [2.45, 2.75) is 19.5 Å². The molecule has 0 unspecified atom stereocenters. The summed E-state index contributed by atoms with van der Waals surface area (Å²) in [6.45, 7) is 3.12. The third-order valence-corrected chi connectivity index (χ3v) is 3.82. The van der Waals surface area contributed by atoms with Crippen LogP contribution in [-0.2, 0) is 19.5 Å². The minimum atomic E-state index is 1.00. The second kappa shape index (κ2) is 5.63. The van der Waals surface area contributed by atoms with Gasteiger partial charge in [0.1, 0.15) is 5.82 Å². The maximum Gasteiger partial charge on any atom is 0.128 e. The SMILES string of the molecule is CN(C)c1ccc2c(n1)CCN(Cc1ccccc1)C2. The average Bonchev–Trinajstić information content (AvgIpc) is 2.47. The first-order valence-corrected chi connectivity index (χ1v) is 7.15. The smallest absolute Gasteiger partial charge is 0.128 e. The monoisotopic (exact) mass is 267 g/mol. The molecule has 1 aliphatic heterocycles. The van der Waals surface area contributed by atoms with E-state index in [1.807, 2.05) is 14.1 Å². The molecule has 1 aromatic carbocycles. The zero-order valence-corrected chi connectivity index (χ0v) is 12.2. The molecule has 20 heavy (non-hydrogen) atoms. The van der Waals surface area contributed by atoms with E-state index in [0.29, 0.717) is 0 Å². The molecule has 3 rings (SSSR count). The predicted molar refractivity (Wildman–Crippen MR) is 82.8 cm³/mol. The zero-order chi connectivity index (χ0) is 13.9. The van der Waals surface area contributed by atoms with Crippen molar-refractivity contribution in [1.29, 1.82) is 0 Å². The van der Waals surface area contributed by atoms with Gasteiger partial charge in [-0.15, -0.1) is 0 Å². The van der Waals surface area contributed by atoms with E-state index in [-0.39, 0.29) is 0 Å². The average molecular weight is 267 g/mol. The summed E-state index contributed by atoms with van der Waals surface area (Å²) >= 11 is 0. The lowest BCUT2D eigenvalue weighted by Gasteiger charge is -2.29. The first kappa shape index (κ1) is 13.1. The van der Waals surface area contributed by atoms with Crippen molar-refractivity contribution in [2.24, 2.45) is 0 Å². The van der Waals surface area contributed by atoms with Crippen LogP contribution in [0.25, 0.3) is 0 Å². The van der Waals surface area contributed by atoms with Gasteiger partial charge >= 0.3 is 0 Å². The number of benzene rings is 1. The number of aromatic nitrogens is 1. The lowest BCUT2D eigenvalue weighted by molar-refractivity contribution is 0.243. The topological polar surface area (TPSA) is 19.4 Å². The quantitative estimate of drug-likeness (QED) is 0.852. The van der Waals surface area contributed by atoms with Crippen molar-refractivity contribution in [3.63, 3.8) is 0 Å². The molecule has 2 heterocycles. The first-order chi connectivity index (χ1) is 9.72. The minimum Gasteiger partial charge on any atom is -0.363 e. The molecule has 0 N–H and O–H groups in total. The van der Waals surface area contributed by atoms with Crippen LogP contribution in [0.15, 0.2) is 42.5 Å². The second-order valence-corrected chi connectivity index (χ2v) is 5.62. The molecule has 0 atom stereocenters. The van der Waals surface area contributed by atoms with Crippen LogP contribution in [0, 0.1) is 0 Å². The molecule has 0 saturated heterocycles. The second-order valence-electron chi connectivity index (χ2n) is 5.62. The summed E-state index contributed by atoms with van der Waals surface area (Å²) < 4.78 is 0. The van der Waals surface area contributed by atoms with Crippen LogP contribution < -0.4 is 4.90 Å². The van der Waals surface area contributed by atoms with E-state index in [0.717, 1.165) is 31.9 Å². The van der Waals surface area contributed by atoms with Crippen LogP contribution in [0.1, 0.15) is 16.8 Å². The molecule has 2 aromatic rings. The predicted octanol–water partition coefficient (Wildman–Crippen LogP) is 2.71. The Labute approximate surface area is 120 Å². The third kappa shape index (κ3) is 2.83. The van der Waals surface area contributed by atoms with E-state index < -0.39 is 0 Å². The van der Waals surface area contributed by atoms with E-state index in [1.54, 1.807) is 0 Å². The van der Waals surface area contributed by atoms with Gasteiger partial charge in [0.05, 0.1) is 0 Å². The normalized spacial score (nSPS) is 14.9. The Bertz CT molecular complexity index is 578. The fourth-order valence-corrected chi connectivity index (χ4v) is 2.69. The lowest BCUT2D eigenvalue weighted by Crippen LogP contribution is -2.31. The number of rotatable bonds is 3. The fraction of sp³-hybridized carbons (Fsp3) is 0.353. The maximum atomic E-state index is 4.75. The molecule has 0 amide bonds. The number of hydrogen-bond donors (Lipinski definition) is 0. The molecule has 3 heteroatoms. The van der Waals surface area contributed by atoms with Crippen LogP contribution in [0.3, 0.4) is 0 Å². The van der Waals surface area contributed by atoms with Gasteiger partial charge in [-0.1, -0.05) is 36.4 Å². The van der Waals surface area contributed by atoms with Gasteiger partial charge < -0.3 is 4.90 Å². The number of fused-ring (bicyclic) bond motifs is 1. The highest BCUT2D eigenvalue weighted by molar-refractivity contribution is 5.41. The van der Waals surface area contributed by atoms with Gasteiger partial charge in [0.25, 0.3) is 0 Å². The minimum absolute atomic E-state index is 1.00. The van der Waals surface area contributed by atoms with Crippen LogP contribution >= 0.6 is 0 Å². The van der Waals surface area contributed by atoms with Gasteiger partial charge in [-0.25, -0.2) is 4.98 Å². The van der Waals surface area contributed by atoms with Gasteiger partial charge in [0, 0.05) is 45.8 Å². The summed E-state index contributed by atoms with van der Waals surface area (Å²) in [5, 5.41) is 0. The van der Waals surface area contributed by atoms with Crippen LogP contribution in [0.2, 0.25) is 0 Å². The summed E-state index contributed by atoms with van der Waals surface area (Å²) in [5.41, 5.74) is 4.02. The van der Waals surface area contributed by atoms with Crippen molar-refractivity contribution in [1.82, 2.24) is 9.88 Å². The molecule has 0 saturated carbocycles. The molecule has 104 valence electrons. The van der Waals surface area contributed by atoms with Gasteiger partial charge in [-0.2, -0.15) is 0 Å². The summed E-state index contributed by atoms with van der Waals surface area (Å²) in [6, 6.07) is 15.0. The van der Waals surface area contributed by atoms with Gasteiger partial charge in [-0.05, 0) is 17.2 Å². The summed E-state index contributed by atoms with van der Waals surface area (Å²) in [4.78, 5) is 9.31. The third-order valence-electron chi connectivity index (χ3n) is 3.82. The molecule has 1 aromatic heterocycles. The van der Waals surface area contributed by atoms with Crippen molar-refractivity contribution in [2.75, 3.05) is 25.5 Å². The Morgan fingerprint density at radius 2 is 1.90 bits per heavy atom. The Balaban J connectivity index is 1.72. The molecule has 0 bridgehead atoms. The van der Waals surface area contributed by atoms with E-state index in [9.17, 15) is 0 Å². The van der Waals surface area contributed by atoms with E-state index in [4.69, 9.17) is 4.98 Å². The molecule has 0 fully saturated rings. The highest BCUT2D eigenvalue weighted by Crippen LogP contribution is 2.21. The van der Waals surface area contributed by atoms with Crippen LogP contribution in [0.4, 0.5) is 5.82 Å². The van der Waals surface area contributed by atoms with Crippen LogP contribution in [0.5, 0.6) is 0 Å². The fourth-order valence-electron chi connectivity index (χ4n) is 2.69. The van der Waals surface area contributed by atoms with Crippen molar-refractivity contribution in [3.8, 4) is 0 Å². The Morgan fingerprint density at radius 3 is 2.65 bits per heavy atom. The van der Waals surface area contributed by atoms with Crippen molar-refractivity contribution >= 4 is 5.82 Å². The maximum absolute atomic E-state index is 4.75. The molecule has 1 aliphatic rings. The molecule has 0 spiro atoms. The van der Waals surface area contributed by atoms with E-state index >= 15 is 0 Å². The van der Waals surface area contributed by atoms with Gasteiger partial charge in [0.2, 0.25) is 0 Å². The van der Waals surface area contributed by atoms with E-state index in [1.165, 1.54) is 16.8 Å². The standard InChI is InChI=1S/C17H21N3/c1-19(2)17-9-8-15-13-20(11-10-16(15)18-17)12-14-6-4-3-5-7-14/h3-9H,10-13H2,1-2H3. The molecular formula is C17H21N3. The summed E-state index contributed by atoms with van der Waals surface area (Å²) in [7, 11) is 4.08. The van der Waals surface area contributed by atoms with Crippen molar-refractivity contribution < 1.29 is 0 Å². The highest BCUT2D eigenvalue weighted by atomic mass is 15.2.